The average Bonchev–Trinajstić information content (AvgIpc) is 3.41. The number of amides is 2. The molecule has 2 fully saturated rings. The van der Waals surface area contributed by atoms with Gasteiger partial charge in [0.15, 0.2) is 0 Å². The fourth-order valence-corrected chi connectivity index (χ4v) is 4.64. The van der Waals surface area contributed by atoms with Crippen LogP contribution >= 0.6 is 0 Å². The van der Waals surface area contributed by atoms with E-state index >= 15 is 0 Å². The Balaban J connectivity index is 1.44. The Morgan fingerprint density at radius 1 is 1.04 bits per heavy atom. The van der Waals surface area contributed by atoms with Gasteiger partial charge in [-0.1, -0.05) is 37.1 Å². The van der Waals surface area contributed by atoms with Crippen LogP contribution in [0.5, 0.6) is 0 Å². The first kappa shape index (κ1) is 18.6. The second-order valence-electron chi connectivity index (χ2n) is 7.78. The molecule has 0 spiro atoms. The first-order chi connectivity index (χ1) is 13.6. The number of tetrazole rings is 1. The lowest BCUT2D eigenvalue weighted by atomic mass is 9.75. The molecule has 0 radical (unpaired) electrons. The highest BCUT2D eigenvalue weighted by atomic mass is 16.2. The van der Waals surface area contributed by atoms with Crippen molar-refractivity contribution in [2.45, 2.75) is 44.6 Å². The van der Waals surface area contributed by atoms with Gasteiger partial charge in [0.1, 0.15) is 12.9 Å². The summed E-state index contributed by atoms with van der Waals surface area (Å²) in [4.78, 5) is 29.8. The van der Waals surface area contributed by atoms with E-state index in [0.29, 0.717) is 26.2 Å². The SMILES string of the molecule is Cc1ccccc1C1(C(=O)N2CCN(C(=O)Cn3cnnn3)CC2)CCCC1. The van der Waals surface area contributed by atoms with Gasteiger partial charge < -0.3 is 9.80 Å². The number of carbonyl (C=O) groups is 2. The van der Waals surface area contributed by atoms with Gasteiger partial charge in [0.2, 0.25) is 11.8 Å². The first-order valence-corrected chi connectivity index (χ1v) is 9.94. The van der Waals surface area contributed by atoms with Crippen molar-refractivity contribution in [3.8, 4) is 0 Å². The lowest BCUT2D eigenvalue weighted by Crippen LogP contribution is -2.55. The maximum Gasteiger partial charge on any atom is 0.244 e. The number of rotatable bonds is 4. The van der Waals surface area contributed by atoms with Crippen LogP contribution in [0.25, 0.3) is 0 Å². The Morgan fingerprint density at radius 2 is 1.71 bits per heavy atom. The molecule has 1 saturated carbocycles. The van der Waals surface area contributed by atoms with E-state index < -0.39 is 5.41 Å². The Bertz CT molecular complexity index is 836. The standard InChI is InChI=1S/C20H26N6O2/c1-16-6-2-3-7-17(16)20(8-4-5-9-20)19(28)25-12-10-24(11-13-25)18(27)14-26-15-21-22-23-26/h2-3,6-7,15H,4-5,8-14H2,1H3. The van der Waals surface area contributed by atoms with Gasteiger partial charge in [0, 0.05) is 26.2 Å². The Hall–Kier alpha value is -2.77. The zero-order valence-corrected chi connectivity index (χ0v) is 16.3. The molecule has 28 heavy (non-hydrogen) atoms. The highest BCUT2D eigenvalue weighted by Crippen LogP contribution is 2.44. The van der Waals surface area contributed by atoms with Crippen molar-refractivity contribution in [3.05, 3.63) is 41.7 Å². The highest BCUT2D eigenvalue weighted by Gasteiger charge is 2.46. The van der Waals surface area contributed by atoms with Crippen LogP contribution in [-0.2, 0) is 21.5 Å². The van der Waals surface area contributed by atoms with Crippen molar-refractivity contribution in [2.24, 2.45) is 0 Å². The fraction of sp³-hybridized carbons (Fsp3) is 0.550. The predicted molar refractivity (Wildman–Crippen MR) is 102 cm³/mol. The molecule has 148 valence electrons. The predicted octanol–water partition coefficient (Wildman–Crippen LogP) is 1.16. The molecule has 8 nitrogen and oxygen atoms in total. The molecule has 4 rings (SSSR count). The lowest BCUT2D eigenvalue weighted by molar-refractivity contribution is -0.143. The number of hydrogen-bond acceptors (Lipinski definition) is 5. The summed E-state index contributed by atoms with van der Waals surface area (Å²) in [6.45, 7) is 4.49. The van der Waals surface area contributed by atoms with Crippen LogP contribution in [0.1, 0.15) is 36.8 Å². The van der Waals surface area contributed by atoms with E-state index in [1.807, 2.05) is 17.0 Å². The van der Waals surface area contributed by atoms with E-state index in [1.165, 1.54) is 22.1 Å². The van der Waals surface area contributed by atoms with Crippen molar-refractivity contribution in [1.29, 1.82) is 0 Å². The van der Waals surface area contributed by atoms with Gasteiger partial charge in [0.25, 0.3) is 0 Å². The molecule has 2 amide bonds. The third-order valence-electron chi connectivity index (χ3n) is 6.14. The highest BCUT2D eigenvalue weighted by molar-refractivity contribution is 5.89. The molecule has 2 heterocycles. The number of nitrogens with zero attached hydrogens (tertiary/aromatic N) is 6. The van der Waals surface area contributed by atoms with Crippen molar-refractivity contribution in [1.82, 2.24) is 30.0 Å². The number of piperazine rings is 1. The molecule has 8 heteroatoms. The van der Waals surface area contributed by atoms with Crippen molar-refractivity contribution >= 4 is 11.8 Å². The third kappa shape index (κ3) is 3.39. The minimum atomic E-state index is -0.399. The molecule has 0 bridgehead atoms. The van der Waals surface area contributed by atoms with Crippen molar-refractivity contribution in [2.75, 3.05) is 26.2 Å². The summed E-state index contributed by atoms with van der Waals surface area (Å²) in [6, 6.07) is 8.27. The Kier molecular flexibility index (Phi) is 5.11. The van der Waals surface area contributed by atoms with E-state index in [1.54, 1.807) is 4.90 Å². The summed E-state index contributed by atoms with van der Waals surface area (Å²) < 4.78 is 1.42. The molecule has 2 aliphatic rings. The van der Waals surface area contributed by atoms with Gasteiger partial charge in [-0.25, -0.2) is 4.68 Å². The van der Waals surface area contributed by atoms with Gasteiger partial charge in [-0.05, 0) is 41.3 Å². The van der Waals surface area contributed by atoms with E-state index in [9.17, 15) is 9.59 Å². The van der Waals surface area contributed by atoms with Crippen LogP contribution < -0.4 is 0 Å². The molecule has 1 aromatic carbocycles. The first-order valence-electron chi connectivity index (χ1n) is 9.94. The Morgan fingerprint density at radius 3 is 2.36 bits per heavy atom. The monoisotopic (exact) mass is 382 g/mol. The fourth-order valence-electron chi connectivity index (χ4n) is 4.64. The summed E-state index contributed by atoms with van der Waals surface area (Å²) >= 11 is 0. The molecular formula is C20H26N6O2. The number of hydrogen-bond donors (Lipinski definition) is 0. The normalized spacial score (nSPS) is 19.0. The number of aryl methyl sites for hydroxylation is 1. The van der Waals surface area contributed by atoms with Gasteiger partial charge >= 0.3 is 0 Å². The lowest BCUT2D eigenvalue weighted by Gasteiger charge is -2.40. The van der Waals surface area contributed by atoms with Crippen LogP contribution in [0, 0.1) is 6.92 Å². The second-order valence-corrected chi connectivity index (χ2v) is 7.78. The molecule has 1 aromatic heterocycles. The molecule has 1 aliphatic carbocycles. The van der Waals surface area contributed by atoms with E-state index in [-0.39, 0.29) is 18.4 Å². The molecule has 1 saturated heterocycles. The van der Waals surface area contributed by atoms with Gasteiger partial charge in [-0.15, -0.1) is 5.10 Å². The summed E-state index contributed by atoms with van der Waals surface area (Å²) in [5, 5.41) is 10.8. The molecule has 2 aromatic rings. The molecular weight excluding hydrogens is 356 g/mol. The van der Waals surface area contributed by atoms with Crippen LogP contribution in [0.3, 0.4) is 0 Å². The molecule has 0 N–H and O–H groups in total. The van der Waals surface area contributed by atoms with Crippen LogP contribution in [0.2, 0.25) is 0 Å². The third-order valence-corrected chi connectivity index (χ3v) is 6.14. The van der Waals surface area contributed by atoms with Crippen molar-refractivity contribution < 1.29 is 9.59 Å². The van der Waals surface area contributed by atoms with Gasteiger partial charge in [0.05, 0.1) is 5.41 Å². The topological polar surface area (TPSA) is 84.2 Å². The smallest absolute Gasteiger partial charge is 0.244 e. The number of aromatic nitrogens is 4. The van der Waals surface area contributed by atoms with E-state index in [0.717, 1.165) is 25.7 Å². The average molecular weight is 382 g/mol. The summed E-state index contributed by atoms with van der Waals surface area (Å²) in [6.07, 6.45) is 5.43. The number of carbonyl (C=O) groups excluding carboxylic acids is 2. The van der Waals surface area contributed by atoms with Gasteiger partial charge in [-0.2, -0.15) is 0 Å². The van der Waals surface area contributed by atoms with Crippen LogP contribution in [0.4, 0.5) is 0 Å². The number of benzene rings is 1. The van der Waals surface area contributed by atoms with Crippen LogP contribution in [-0.4, -0.2) is 68.0 Å². The summed E-state index contributed by atoms with van der Waals surface area (Å²) in [7, 11) is 0. The van der Waals surface area contributed by atoms with E-state index in [4.69, 9.17) is 0 Å². The zero-order chi connectivity index (χ0) is 19.6. The Labute approximate surface area is 164 Å². The van der Waals surface area contributed by atoms with Crippen molar-refractivity contribution in [3.63, 3.8) is 0 Å². The molecule has 1 aliphatic heterocycles. The minimum absolute atomic E-state index is 0.0196. The maximum absolute atomic E-state index is 13.6. The second kappa shape index (κ2) is 7.69. The molecule has 0 atom stereocenters. The quantitative estimate of drug-likeness (QED) is 0.792. The zero-order valence-electron chi connectivity index (χ0n) is 16.3. The minimum Gasteiger partial charge on any atom is -0.338 e. The summed E-state index contributed by atoms with van der Waals surface area (Å²) in [5.41, 5.74) is 1.96. The van der Waals surface area contributed by atoms with Gasteiger partial charge in [-0.3, -0.25) is 9.59 Å². The largest absolute Gasteiger partial charge is 0.338 e. The van der Waals surface area contributed by atoms with E-state index in [2.05, 4.69) is 34.6 Å². The maximum atomic E-state index is 13.6. The van der Waals surface area contributed by atoms with Crippen LogP contribution in [0.15, 0.2) is 30.6 Å². The molecule has 0 unspecified atom stereocenters. The summed E-state index contributed by atoms with van der Waals surface area (Å²) in [5.74, 6) is 0.209.